The molecule has 1 saturated carbocycles. The van der Waals surface area contributed by atoms with Crippen molar-refractivity contribution in [3.05, 3.63) is 77.0 Å². The molecule has 1 aromatic heterocycles. The molecular formula is C25H23NO5. The van der Waals surface area contributed by atoms with Crippen LogP contribution in [0.5, 0.6) is 11.5 Å². The van der Waals surface area contributed by atoms with E-state index in [9.17, 15) is 14.7 Å². The van der Waals surface area contributed by atoms with Gasteiger partial charge in [0, 0.05) is 19.1 Å². The van der Waals surface area contributed by atoms with Crippen LogP contribution in [0.4, 0.5) is 0 Å². The van der Waals surface area contributed by atoms with Crippen LogP contribution in [0.25, 0.3) is 11.3 Å². The average molecular weight is 417 g/mol. The number of aryl methyl sites for hydroxylation is 1. The molecule has 2 heterocycles. The Morgan fingerprint density at radius 3 is 2.65 bits per heavy atom. The monoisotopic (exact) mass is 417 g/mol. The zero-order valence-corrected chi connectivity index (χ0v) is 17.1. The molecule has 0 spiro atoms. The predicted molar refractivity (Wildman–Crippen MR) is 116 cm³/mol. The number of hydrogen-bond acceptors (Lipinski definition) is 5. The van der Waals surface area contributed by atoms with Gasteiger partial charge >= 0.3 is 5.97 Å². The lowest BCUT2D eigenvalue weighted by Crippen LogP contribution is -2.23. The highest BCUT2D eigenvalue weighted by Crippen LogP contribution is 2.51. The molecule has 31 heavy (non-hydrogen) atoms. The lowest BCUT2D eigenvalue weighted by Gasteiger charge is -2.16. The third-order valence-corrected chi connectivity index (χ3v) is 6.09. The number of carbonyl (C=O) groups is 2. The molecule has 5 rings (SSSR count). The largest absolute Gasteiger partial charge is 0.478 e. The minimum absolute atomic E-state index is 0. The van der Waals surface area contributed by atoms with E-state index in [-0.39, 0.29) is 26.0 Å². The maximum atomic E-state index is 13.3. The molecular weight excluding hydrogens is 394 g/mol. The van der Waals surface area contributed by atoms with Gasteiger partial charge in [0.1, 0.15) is 5.78 Å². The first-order chi connectivity index (χ1) is 15.0. The van der Waals surface area contributed by atoms with Gasteiger partial charge in [-0.2, -0.15) is 0 Å². The number of fused-ring (bicyclic) bond motifs is 1. The van der Waals surface area contributed by atoms with Crippen molar-refractivity contribution in [3.63, 3.8) is 0 Å². The first-order valence-electron chi connectivity index (χ1n) is 10.2. The zero-order valence-electron chi connectivity index (χ0n) is 17.1. The van der Waals surface area contributed by atoms with Gasteiger partial charge in [-0.3, -0.25) is 9.78 Å². The van der Waals surface area contributed by atoms with Gasteiger partial charge in [-0.15, -0.1) is 0 Å². The Morgan fingerprint density at radius 1 is 1.06 bits per heavy atom. The summed E-state index contributed by atoms with van der Waals surface area (Å²) in [5.41, 5.74) is 3.71. The Bertz CT molecular complexity index is 1220. The molecule has 2 aromatic carbocycles. The van der Waals surface area contributed by atoms with Crippen LogP contribution < -0.4 is 9.47 Å². The second kappa shape index (κ2) is 7.23. The van der Waals surface area contributed by atoms with Crippen molar-refractivity contribution >= 4 is 11.8 Å². The van der Waals surface area contributed by atoms with Crippen LogP contribution in [-0.2, 0) is 16.6 Å². The van der Waals surface area contributed by atoms with E-state index in [4.69, 9.17) is 14.5 Å². The first kappa shape index (κ1) is 19.3. The van der Waals surface area contributed by atoms with Crippen LogP contribution in [0.15, 0.2) is 54.6 Å². The summed E-state index contributed by atoms with van der Waals surface area (Å²) in [6, 6.07) is 16.2. The van der Waals surface area contributed by atoms with Crippen molar-refractivity contribution in [1.82, 2.24) is 4.98 Å². The van der Waals surface area contributed by atoms with Crippen molar-refractivity contribution in [1.29, 1.82) is 0 Å². The van der Waals surface area contributed by atoms with Gasteiger partial charge in [0.15, 0.2) is 11.5 Å². The number of ether oxygens (including phenoxy) is 2. The van der Waals surface area contributed by atoms with Gasteiger partial charge < -0.3 is 14.6 Å². The van der Waals surface area contributed by atoms with Crippen molar-refractivity contribution in [3.8, 4) is 22.8 Å². The SMILES string of the molecule is Cc1ccc(CC(=O)C2(c3ccc4c(c3)OCO4)CC2)nc1-c1cccc(C(=O)O)c1.[HH]. The molecule has 6 nitrogen and oxygen atoms in total. The van der Waals surface area contributed by atoms with Gasteiger partial charge in [0.25, 0.3) is 0 Å². The molecule has 0 saturated heterocycles. The molecule has 1 aliphatic heterocycles. The molecule has 3 aromatic rings. The maximum absolute atomic E-state index is 13.3. The lowest BCUT2D eigenvalue weighted by atomic mass is 9.88. The Hall–Kier alpha value is -3.67. The van der Waals surface area contributed by atoms with E-state index in [1.165, 1.54) is 0 Å². The van der Waals surface area contributed by atoms with Gasteiger partial charge in [-0.25, -0.2) is 4.79 Å². The van der Waals surface area contributed by atoms with Crippen LogP contribution in [0.2, 0.25) is 0 Å². The summed E-state index contributed by atoms with van der Waals surface area (Å²) in [7, 11) is 0. The Labute approximate surface area is 181 Å². The number of hydrogen-bond donors (Lipinski definition) is 1. The number of rotatable bonds is 6. The fourth-order valence-corrected chi connectivity index (χ4v) is 4.14. The zero-order chi connectivity index (χ0) is 21.6. The molecule has 0 atom stereocenters. The molecule has 2 aliphatic rings. The number of pyridine rings is 1. The van der Waals surface area contributed by atoms with Crippen LogP contribution in [-0.4, -0.2) is 28.6 Å². The van der Waals surface area contributed by atoms with Crippen LogP contribution in [0.3, 0.4) is 0 Å². The van der Waals surface area contributed by atoms with Gasteiger partial charge in [0.2, 0.25) is 6.79 Å². The summed E-state index contributed by atoms with van der Waals surface area (Å²) >= 11 is 0. The van der Waals surface area contributed by atoms with Gasteiger partial charge in [-0.1, -0.05) is 24.3 Å². The number of benzene rings is 2. The first-order valence-corrected chi connectivity index (χ1v) is 10.2. The number of aromatic carboxylic acids is 1. The Balaban J connectivity index is 0.00000245. The fourth-order valence-electron chi connectivity index (χ4n) is 4.14. The second-order valence-corrected chi connectivity index (χ2v) is 8.10. The fraction of sp³-hybridized carbons (Fsp3) is 0.240. The van der Waals surface area contributed by atoms with Crippen molar-refractivity contribution in [2.24, 2.45) is 0 Å². The predicted octanol–water partition coefficient (Wildman–Crippen LogP) is 4.57. The van der Waals surface area contributed by atoms with E-state index < -0.39 is 11.4 Å². The van der Waals surface area contributed by atoms with E-state index in [2.05, 4.69) is 0 Å². The number of carbonyl (C=O) groups excluding carboxylic acids is 1. The number of Topliss-reactive ketones (excluding diaryl/α,β-unsaturated/α-hetero) is 1. The number of nitrogens with zero attached hydrogens (tertiary/aromatic N) is 1. The molecule has 0 amide bonds. The lowest BCUT2D eigenvalue weighted by molar-refractivity contribution is -0.120. The summed E-state index contributed by atoms with van der Waals surface area (Å²) in [6.07, 6.45) is 1.84. The number of ketones is 1. The minimum Gasteiger partial charge on any atom is -0.478 e. The van der Waals surface area contributed by atoms with Crippen LogP contribution in [0.1, 0.15) is 41.4 Å². The normalized spacial score (nSPS) is 15.5. The van der Waals surface area contributed by atoms with Gasteiger partial charge in [-0.05, 0) is 61.2 Å². The maximum Gasteiger partial charge on any atom is 0.335 e. The molecule has 6 heteroatoms. The molecule has 1 N–H and O–H groups in total. The highest BCUT2D eigenvalue weighted by Gasteiger charge is 2.51. The molecule has 1 fully saturated rings. The van der Waals surface area contributed by atoms with E-state index in [0.717, 1.165) is 29.5 Å². The van der Waals surface area contributed by atoms with Crippen molar-refractivity contribution in [2.75, 3.05) is 6.79 Å². The van der Waals surface area contributed by atoms with E-state index >= 15 is 0 Å². The molecule has 1 aliphatic carbocycles. The van der Waals surface area contributed by atoms with Crippen LogP contribution in [0, 0.1) is 6.92 Å². The minimum atomic E-state index is -0.981. The Morgan fingerprint density at radius 2 is 1.87 bits per heavy atom. The van der Waals surface area contributed by atoms with E-state index in [0.29, 0.717) is 22.9 Å². The number of aromatic nitrogens is 1. The Kier molecular flexibility index (Phi) is 4.50. The standard InChI is InChI=1S/C25H21NO5.H2/c1-15-5-7-19(26-23(15)16-3-2-4-17(11-16)24(28)29)13-22(27)25(9-10-25)18-6-8-20-21(12-18)31-14-30-20;/h2-8,11-12H,9-10,13-14H2,1H3,(H,28,29);1H. The average Bonchev–Trinajstić information content (AvgIpc) is 3.46. The van der Waals surface area contributed by atoms with E-state index in [1.807, 2.05) is 43.3 Å². The molecule has 0 bridgehead atoms. The van der Waals surface area contributed by atoms with Crippen molar-refractivity contribution < 1.29 is 25.6 Å². The second-order valence-electron chi connectivity index (χ2n) is 8.10. The highest BCUT2D eigenvalue weighted by molar-refractivity contribution is 5.94. The van der Waals surface area contributed by atoms with E-state index in [1.54, 1.807) is 18.2 Å². The highest BCUT2D eigenvalue weighted by atomic mass is 16.7. The summed E-state index contributed by atoms with van der Waals surface area (Å²) in [5.74, 6) is 0.546. The summed E-state index contributed by atoms with van der Waals surface area (Å²) < 4.78 is 10.9. The quantitative estimate of drug-likeness (QED) is 0.632. The summed E-state index contributed by atoms with van der Waals surface area (Å²) in [5, 5.41) is 9.28. The third-order valence-electron chi connectivity index (χ3n) is 6.09. The van der Waals surface area contributed by atoms with Crippen LogP contribution >= 0.6 is 0 Å². The smallest absolute Gasteiger partial charge is 0.335 e. The summed E-state index contributed by atoms with van der Waals surface area (Å²) in [6.45, 7) is 2.13. The van der Waals surface area contributed by atoms with Gasteiger partial charge in [0.05, 0.1) is 16.7 Å². The molecule has 0 unspecified atom stereocenters. The molecule has 0 radical (unpaired) electrons. The number of carboxylic acid groups (broad SMARTS) is 1. The molecule has 158 valence electrons. The number of carboxylic acids is 1. The third kappa shape index (κ3) is 3.44. The van der Waals surface area contributed by atoms with Crippen molar-refractivity contribution in [2.45, 2.75) is 31.6 Å². The summed E-state index contributed by atoms with van der Waals surface area (Å²) in [4.78, 5) is 29.3. The topological polar surface area (TPSA) is 85.7 Å².